The molecule has 1 aliphatic carbocycles. The third-order valence-corrected chi connectivity index (χ3v) is 11.7. The molecule has 2 atom stereocenters. The Morgan fingerprint density at radius 3 is 1.57 bits per heavy atom. The summed E-state index contributed by atoms with van der Waals surface area (Å²) in [5, 5.41) is 4.96. The molecule has 11 rings (SSSR count). The summed E-state index contributed by atoms with van der Waals surface area (Å²) in [7, 11) is 0. The van der Waals surface area contributed by atoms with Crippen molar-refractivity contribution >= 4 is 43.6 Å². The van der Waals surface area contributed by atoms with Gasteiger partial charge in [0.1, 0.15) is 12.7 Å². The third-order valence-electron chi connectivity index (χ3n) is 11.7. The molecule has 54 heavy (non-hydrogen) atoms. The summed E-state index contributed by atoms with van der Waals surface area (Å²) in [6.45, 7) is 4.82. The maximum atomic E-state index is 4.31. The summed E-state index contributed by atoms with van der Waals surface area (Å²) in [6, 6.07) is 44.7. The Morgan fingerprint density at radius 1 is 0.426 bits per heavy atom. The normalized spacial score (nSPS) is 15.2. The minimum Gasteiger partial charge on any atom is -0.309 e. The lowest BCUT2D eigenvalue weighted by Crippen LogP contribution is -2.15. The number of hydrogen-bond donors (Lipinski definition) is 0. The number of fused-ring (bicyclic) bond motifs is 10. The second-order valence-electron chi connectivity index (χ2n) is 14.5. The number of aromatic nitrogens is 6. The molecule has 0 fully saturated rings. The highest BCUT2D eigenvalue weighted by molar-refractivity contribution is 6.15. The first-order chi connectivity index (χ1) is 26.6. The SMILES string of the molecule is CC1c2cc3c4cc(-c5cncnc5)ccc4n(-c4ccccc4)c3cc2-c2ccc3c4cc(-c5cncnc5)ccc4n(-c4ccccc4)c3c2C1C. The predicted molar refractivity (Wildman–Crippen MR) is 219 cm³/mol. The lowest BCUT2D eigenvalue weighted by molar-refractivity contribution is 0.619. The van der Waals surface area contributed by atoms with E-state index in [1.807, 2.05) is 24.8 Å². The van der Waals surface area contributed by atoms with Crippen molar-refractivity contribution in [2.24, 2.45) is 0 Å². The standard InChI is InChI=1S/C48H34N6/c1-29-30(2)47-37(15-16-38-41-19-31(33-23-49-27-50-24-33)14-18-45(41)54(48(38)47)36-11-7-4-8-12-36)40-22-46-43(21-39(29)40)42-20-32(34-25-51-28-52-26-34)13-17-44(42)53(46)35-9-5-3-6-10-35/h3-30H,1-2H3. The van der Waals surface area contributed by atoms with Gasteiger partial charge in [-0.15, -0.1) is 0 Å². The fourth-order valence-corrected chi connectivity index (χ4v) is 9.00. The number of rotatable bonds is 4. The van der Waals surface area contributed by atoms with Crippen molar-refractivity contribution in [3.63, 3.8) is 0 Å². The Bertz CT molecular complexity index is 3010. The van der Waals surface area contributed by atoms with Gasteiger partial charge in [-0.05, 0) is 106 Å². The van der Waals surface area contributed by atoms with Crippen molar-refractivity contribution in [2.45, 2.75) is 25.7 Å². The first-order valence-electron chi connectivity index (χ1n) is 18.5. The van der Waals surface area contributed by atoms with Crippen LogP contribution in [0.25, 0.3) is 88.4 Å². The lowest BCUT2D eigenvalue weighted by atomic mass is 9.72. The molecule has 0 saturated carbocycles. The van der Waals surface area contributed by atoms with E-state index in [9.17, 15) is 0 Å². The van der Waals surface area contributed by atoms with Gasteiger partial charge in [-0.3, -0.25) is 0 Å². The molecule has 0 amide bonds. The van der Waals surface area contributed by atoms with Crippen LogP contribution in [0.3, 0.4) is 0 Å². The summed E-state index contributed by atoms with van der Waals surface area (Å²) >= 11 is 0. The topological polar surface area (TPSA) is 61.4 Å². The smallest absolute Gasteiger partial charge is 0.115 e. The number of hydrogen-bond acceptors (Lipinski definition) is 4. The highest BCUT2D eigenvalue weighted by atomic mass is 15.0. The summed E-state index contributed by atoms with van der Waals surface area (Å²) in [5.41, 5.74) is 16.8. The highest BCUT2D eigenvalue weighted by Gasteiger charge is 2.33. The lowest BCUT2D eigenvalue weighted by Gasteiger charge is -2.33. The minimum absolute atomic E-state index is 0.266. The summed E-state index contributed by atoms with van der Waals surface area (Å²) in [6.07, 6.45) is 10.7. The number of benzene rings is 6. The van der Waals surface area contributed by atoms with Gasteiger partial charge < -0.3 is 9.13 Å². The van der Waals surface area contributed by atoms with E-state index in [0.29, 0.717) is 0 Å². The van der Waals surface area contributed by atoms with Crippen LogP contribution in [-0.2, 0) is 0 Å². The molecule has 6 nitrogen and oxygen atoms in total. The maximum Gasteiger partial charge on any atom is 0.115 e. The van der Waals surface area contributed by atoms with Gasteiger partial charge in [0.05, 0.1) is 22.1 Å². The quantitative estimate of drug-likeness (QED) is 0.184. The second-order valence-corrected chi connectivity index (χ2v) is 14.5. The van der Waals surface area contributed by atoms with E-state index in [4.69, 9.17) is 0 Å². The molecule has 4 aromatic heterocycles. The molecular weight excluding hydrogens is 661 g/mol. The van der Waals surface area contributed by atoms with Crippen molar-refractivity contribution in [1.82, 2.24) is 29.1 Å². The van der Waals surface area contributed by atoms with Crippen LogP contribution in [0.5, 0.6) is 0 Å². The van der Waals surface area contributed by atoms with Crippen molar-refractivity contribution in [2.75, 3.05) is 0 Å². The van der Waals surface area contributed by atoms with Gasteiger partial charge in [-0.25, -0.2) is 19.9 Å². The molecule has 0 aliphatic heterocycles. The van der Waals surface area contributed by atoms with E-state index >= 15 is 0 Å². The zero-order chi connectivity index (χ0) is 35.9. The molecule has 4 heterocycles. The first-order valence-corrected chi connectivity index (χ1v) is 18.5. The Hall–Kier alpha value is -6.92. The summed E-state index contributed by atoms with van der Waals surface area (Å²) in [4.78, 5) is 17.2. The van der Waals surface area contributed by atoms with Crippen LogP contribution >= 0.6 is 0 Å². The van der Waals surface area contributed by atoms with Gasteiger partial charge in [0.25, 0.3) is 0 Å². The zero-order valence-corrected chi connectivity index (χ0v) is 29.8. The zero-order valence-electron chi connectivity index (χ0n) is 29.8. The van der Waals surface area contributed by atoms with Crippen LogP contribution in [0.1, 0.15) is 36.8 Å². The molecule has 0 saturated heterocycles. The molecule has 256 valence electrons. The highest BCUT2D eigenvalue weighted by Crippen LogP contribution is 2.53. The van der Waals surface area contributed by atoms with Crippen molar-refractivity contribution in [3.05, 3.63) is 170 Å². The van der Waals surface area contributed by atoms with Crippen LogP contribution in [0.15, 0.2) is 159 Å². The van der Waals surface area contributed by atoms with Gasteiger partial charge in [0, 0.05) is 68.8 Å². The number of nitrogens with zero attached hydrogens (tertiary/aromatic N) is 6. The molecule has 0 spiro atoms. The molecule has 0 bridgehead atoms. The molecule has 6 aromatic carbocycles. The predicted octanol–water partition coefficient (Wildman–Crippen LogP) is 11.7. The van der Waals surface area contributed by atoms with Crippen molar-refractivity contribution in [3.8, 4) is 44.8 Å². The fourth-order valence-electron chi connectivity index (χ4n) is 9.00. The summed E-state index contributed by atoms with van der Waals surface area (Å²) < 4.78 is 4.91. The Balaban J connectivity index is 1.22. The Kier molecular flexibility index (Phi) is 6.71. The van der Waals surface area contributed by atoms with Crippen LogP contribution < -0.4 is 0 Å². The monoisotopic (exact) mass is 694 g/mol. The van der Waals surface area contributed by atoms with Crippen LogP contribution in [0.2, 0.25) is 0 Å². The van der Waals surface area contributed by atoms with E-state index in [0.717, 1.165) is 33.6 Å². The largest absolute Gasteiger partial charge is 0.309 e. The fraction of sp³-hybridized carbons (Fsp3) is 0.0833. The molecule has 2 unspecified atom stereocenters. The van der Waals surface area contributed by atoms with Gasteiger partial charge in [0.2, 0.25) is 0 Å². The van der Waals surface area contributed by atoms with Crippen molar-refractivity contribution in [1.29, 1.82) is 0 Å². The van der Waals surface area contributed by atoms with Crippen LogP contribution in [-0.4, -0.2) is 29.1 Å². The van der Waals surface area contributed by atoms with E-state index in [2.05, 4.69) is 164 Å². The molecule has 6 heteroatoms. The van der Waals surface area contributed by atoms with Crippen LogP contribution in [0, 0.1) is 0 Å². The molecule has 0 N–H and O–H groups in total. The molecule has 10 aromatic rings. The van der Waals surface area contributed by atoms with E-state index in [-0.39, 0.29) is 11.8 Å². The molecule has 1 aliphatic rings. The average molecular weight is 695 g/mol. The molecular formula is C48H34N6. The minimum atomic E-state index is 0.266. The van der Waals surface area contributed by atoms with Gasteiger partial charge in [-0.2, -0.15) is 0 Å². The van der Waals surface area contributed by atoms with Crippen molar-refractivity contribution < 1.29 is 0 Å². The Morgan fingerprint density at radius 2 is 0.963 bits per heavy atom. The average Bonchev–Trinajstić information content (AvgIpc) is 3.75. The second kappa shape index (κ2) is 11.8. The maximum absolute atomic E-state index is 4.31. The van der Waals surface area contributed by atoms with E-state index in [1.54, 1.807) is 12.7 Å². The van der Waals surface area contributed by atoms with E-state index < -0.39 is 0 Å². The summed E-state index contributed by atoms with van der Waals surface area (Å²) in [5.74, 6) is 0.546. The van der Waals surface area contributed by atoms with E-state index in [1.165, 1.54) is 65.9 Å². The van der Waals surface area contributed by atoms with Gasteiger partial charge in [-0.1, -0.05) is 74.5 Å². The van der Waals surface area contributed by atoms with Gasteiger partial charge in [0.15, 0.2) is 0 Å². The molecule has 0 radical (unpaired) electrons. The third kappa shape index (κ3) is 4.46. The Labute approximate surface area is 312 Å². The first kappa shape index (κ1) is 30.7. The number of para-hydroxylation sites is 2. The van der Waals surface area contributed by atoms with Gasteiger partial charge >= 0.3 is 0 Å². The van der Waals surface area contributed by atoms with Crippen LogP contribution in [0.4, 0.5) is 0 Å².